The zero-order valence-electron chi connectivity index (χ0n) is 17.9. The molecule has 0 amide bonds. The van der Waals surface area contributed by atoms with Crippen LogP contribution >= 0.6 is 0 Å². The molecule has 0 radical (unpaired) electrons. The van der Waals surface area contributed by atoms with Gasteiger partial charge in [0, 0.05) is 39.8 Å². The maximum absolute atomic E-state index is 12.8. The van der Waals surface area contributed by atoms with Crippen molar-refractivity contribution in [2.24, 2.45) is 12.5 Å². The highest BCUT2D eigenvalue weighted by Gasteiger charge is 2.22. The third-order valence-electron chi connectivity index (χ3n) is 4.99. The fraction of sp³-hybridized carbons (Fsp3) is 0.750. The molecule has 0 aliphatic carbocycles. The minimum Gasteiger partial charge on any atom is -0.379 e. The third kappa shape index (κ3) is 4.91. The maximum atomic E-state index is 12.8. The van der Waals surface area contributed by atoms with Crippen LogP contribution in [0, 0.1) is 5.41 Å². The van der Waals surface area contributed by atoms with Crippen molar-refractivity contribution in [3.63, 3.8) is 0 Å². The number of hydrogen-bond donors (Lipinski definition) is 1. The molecule has 0 aromatic carbocycles. The molecule has 3 heterocycles. The van der Waals surface area contributed by atoms with Crippen molar-refractivity contribution in [3.8, 4) is 0 Å². The van der Waals surface area contributed by atoms with E-state index in [0.717, 1.165) is 70.0 Å². The standard InChI is InChI=1S/C20H34N6O2/c1-6-7-15-16-17(24(5)23-15)18(27)22-19(21-16)26(14-20(2,3)4)9-8-25-10-12-28-13-11-25/h6-14H2,1-5H3,(H,21,22,27). The molecule has 0 spiro atoms. The van der Waals surface area contributed by atoms with Gasteiger partial charge in [-0.1, -0.05) is 34.1 Å². The van der Waals surface area contributed by atoms with Crippen LogP contribution in [0.4, 0.5) is 5.95 Å². The predicted molar refractivity (Wildman–Crippen MR) is 112 cm³/mol. The van der Waals surface area contributed by atoms with Crippen molar-refractivity contribution in [2.75, 3.05) is 50.8 Å². The number of aromatic amines is 1. The Hall–Kier alpha value is -1.93. The van der Waals surface area contributed by atoms with Crippen LogP contribution < -0.4 is 10.5 Å². The van der Waals surface area contributed by atoms with Crippen LogP contribution in [0.15, 0.2) is 4.79 Å². The first-order valence-corrected chi connectivity index (χ1v) is 10.3. The average Bonchev–Trinajstić information content (AvgIpc) is 2.95. The van der Waals surface area contributed by atoms with Crippen LogP contribution in [0.25, 0.3) is 11.0 Å². The van der Waals surface area contributed by atoms with Crippen LogP contribution in [-0.2, 0) is 18.2 Å². The van der Waals surface area contributed by atoms with Gasteiger partial charge in [-0.05, 0) is 11.8 Å². The largest absolute Gasteiger partial charge is 0.379 e. The second-order valence-electron chi connectivity index (χ2n) is 8.84. The number of hydrogen-bond acceptors (Lipinski definition) is 6. The van der Waals surface area contributed by atoms with Gasteiger partial charge >= 0.3 is 0 Å². The van der Waals surface area contributed by atoms with Crippen molar-refractivity contribution in [1.29, 1.82) is 0 Å². The lowest BCUT2D eigenvalue weighted by Gasteiger charge is -2.33. The van der Waals surface area contributed by atoms with Gasteiger partial charge in [0.2, 0.25) is 5.95 Å². The lowest BCUT2D eigenvalue weighted by molar-refractivity contribution is 0.0390. The summed E-state index contributed by atoms with van der Waals surface area (Å²) in [6, 6.07) is 0. The van der Waals surface area contributed by atoms with E-state index in [1.54, 1.807) is 4.68 Å². The smallest absolute Gasteiger partial charge is 0.278 e. The van der Waals surface area contributed by atoms with Gasteiger partial charge in [0.1, 0.15) is 5.52 Å². The molecule has 8 nitrogen and oxygen atoms in total. The molecule has 156 valence electrons. The monoisotopic (exact) mass is 390 g/mol. The van der Waals surface area contributed by atoms with Gasteiger partial charge in [-0.15, -0.1) is 0 Å². The molecule has 28 heavy (non-hydrogen) atoms. The summed E-state index contributed by atoms with van der Waals surface area (Å²) in [6.45, 7) is 14.8. The number of anilines is 1. The Labute approximate surface area is 166 Å². The molecule has 1 N–H and O–H groups in total. The van der Waals surface area contributed by atoms with Crippen molar-refractivity contribution >= 4 is 17.0 Å². The van der Waals surface area contributed by atoms with Gasteiger partial charge in [0.05, 0.1) is 18.9 Å². The number of nitrogens with one attached hydrogen (secondary N) is 1. The number of H-pyrrole nitrogens is 1. The van der Waals surface area contributed by atoms with Crippen molar-refractivity contribution in [3.05, 3.63) is 16.0 Å². The SMILES string of the molecule is CCCc1nn(C)c2c(=O)[nH]c(N(CCN3CCOCC3)CC(C)(C)C)nc12. The Kier molecular flexibility index (Phi) is 6.40. The van der Waals surface area contributed by atoms with E-state index < -0.39 is 0 Å². The van der Waals surface area contributed by atoms with E-state index in [9.17, 15) is 4.79 Å². The van der Waals surface area contributed by atoms with Gasteiger partial charge in [0.25, 0.3) is 5.56 Å². The first-order chi connectivity index (χ1) is 13.3. The number of fused-ring (bicyclic) bond motifs is 1. The van der Waals surface area contributed by atoms with Crippen molar-refractivity contribution in [2.45, 2.75) is 40.5 Å². The van der Waals surface area contributed by atoms with Crippen LogP contribution in [0.3, 0.4) is 0 Å². The summed E-state index contributed by atoms with van der Waals surface area (Å²) in [5.41, 5.74) is 2.14. The minimum absolute atomic E-state index is 0.0831. The predicted octanol–water partition coefficient (Wildman–Crippen LogP) is 1.79. The zero-order chi connectivity index (χ0) is 20.3. The number of rotatable bonds is 7. The minimum atomic E-state index is -0.123. The second kappa shape index (κ2) is 8.61. The topological polar surface area (TPSA) is 79.3 Å². The van der Waals surface area contributed by atoms with E-state index in [4.69, 9.17) is 9.72 Å². The summed E-state index contributed by atoms with van der Waals surface area (Å²) in [4.78, 5) is 25.3. The summed E-state index contributed by atoms with van der Waals surface area (Å²) in [6.07, 6.45) is 1.79. The molecule has 2 aromatic heterocycles. The van der Waals surface area contributed by atoms with Crippen LogP contribution in [0.2, 0.25) is 0 Å². The summed E-state index contributed by atoms with van der Waals surface area (Å²) in [5, 5.41) is 4.53. The van der Waals surface area contributed by atoms with Gasteiger partial charge in [-0.2, -0.15) is 5.10 Å². The van der Waals surface area contributed by atoms with Crippen LogP contribution in [0.1, 0.15) is 39.8 Å². The third-order valence-corrected chi connectivity index (χ3v) is 4.99. The molecule has 0 saturated carbocycles. The maximum Gasteiger partial charge on any atom is 0.278 e. The van der Waals surface area contributed by atoms with Crippen LogP contribution in [0.5, 0.6) is 0 Å². The molecule has 1 aliphatic heterocycles. The number of aromatic nitrogens is 4. The molecule has 2 aromatic rings. The van der Waals surface area contributed by atoms with Gasteiger partial charge < -0.3 is 9.64 Å². The molecule has 0 atom stereocenters. The Morgan fingerprint density at radius 1 is 1.25 bits per heavy atom. The van der Waals surface area contributed by atoms with Crippen molar-refractivity contribution < 1.29 is 4.74 Å². The first kappa shape index (κ1) is 20.8. The molecule has 1 saturated heterocycles. The average molecular weight is 391 g/mol. The number of ether oxygens (including phenoxy) is 1. The van der Waals surface area contributed by atoms with Gasteiger partial charge in [-0.3, -0.25) is 19.4 Å². The highest BCUT2D eigenvalue weighted by molar-refractivity contribution is 5.77. The molecular formula is C20H34N6O2. The fourth-order valence-electron chi connectivity index (χ4n) is 3.71. The van der Waals surface area contributed by atoms with E-state index in [-0.39, 0.29) is 11.0 Å². The molecule has 0 bridgehead atoms. The zero-order valence-corrected chi connectivity index (χ0v) is 17.9. The van der Waals surface area contributed by atoms with Gasteiger partial charge in [-0.25, -0.2) is 4.98 Å². The highest BCUT2D eigenvalue weighted by Crippen LogP contribution is 2.21. The molecule has 1 fully saturated rings. The van der Waals surface area contributed by atoms with Crippen molar-refractivity contribution in [1.82, 2.24) is 24.6 Å². The fourth-order valence-corrected chi connectivity index (χ4v) is 3.71. The normalized spacial score (nSPS) is 16.0. The Balaban J connectivity index is 1.92. The number of nitrogens with zero attached hydrogens (tertiary/aromatic N) is 5. The molecule has 0 unspecified atom stereocenters. The quantitative estimate of drug-likeness (QED) is 0.777. The van der Waals surface area contributed by atoms with Gasteiger partial charge in [0.15, 0.2) is 5.52 Å². The highest BCUT2D eigenvalue weighted by atomic mass is 16.5. The van der Waals surface area contributed by atoms with E-state index in [2.05, 4.69) is 47.6 Å². The molecule has 8 heteroatoms. The van der Waals surface area contributed by atoms with E-state index >= 15 is 0 Å². The Morgan fingerprint density at radius 3 is 2.61 bits per heavy atom. The molecular weight excluding hydrogens is 356 g/mol. The van der Waals surface area contributed by atoms with E-state index in [0.29, 0.717) is 11.5 Å². The summed E-state index contributed by atoms with van der Waals surface area (Å²) in [7, 11) is 1.81. The number of aryl methyl sites for hydroxylation is 2. The first-order valence-electron chi connectivity index (χ1n) is 10.3. The van der Waals surface area contributed by atoms with E-state index in [1.165, 1.54) is 0 Å². The Bertz CT molecular complexity index is 845. The summed E-state index contributed by atoms with van der Waals surface area (Å²) >= 11 is 0. The Morgan fingerprint density at radius 2 is 1.96 bits per heavy atom. The number of morpholine rings is 1. The lowest BCUT2D eigenvalue weighted by atomic mass is 9.96. The van der Waals surface area contributed by atoms with E-state index in [1.807, 2.05) is 7.05 Å². The summed E-state index contributed by atoms with van der Waals surface area (Å²) < 4.78 is 7.10. The van der Waals surface area contributed by atoms with Crippen LogP contribution in [-0.4, -0.2) is 70.6 Å². The second-order valence-corrected chi connectivity index (χ2v) is 8.84. The summed E-state index contributed by atoms with van der Waals surface area (Å²) in [5.74, 6) is 0.644. The lowest BCUT2D eigenvalue weighted by Crippen LogP contribution is -2.44. The molecule has 3 rings (SSSR count). The molecule has 1 aliphatic rings.